The molecule has 0 aliphatic carbocycles. The van der Waals surface area contributed by atoms with Crippen molar-refractivity contribution >= 4 is 18.0 Å². The van der Waals surface area contributed by atoms with Crippen molar-refractivity contribution in [2.24, 2.45) is 5.73 Å². The average Bonchev–Trinajstić information content (AvgIpc) is 2.60. The monoisotopic (exact) mass is 367 g/mol. The standard InChI is InChI=1S/C17H25N3O6/c1-5-12(6-2)25-16(22)11-7-13(24-10(3)4)15(19-9-11)26-17(23)20-14(21)8-18/h7,9-10,12H,5-6,8,18H2,1-4H3,(H,20,21,23). The zero-order valence-corrected chi connectivity index (χ0v) is 15.4. The topological polar surface area (TPSA) is 130 Å². The molecule has 9 heteroatoms. The molecule has 0 atom stereocenters. The van der Waals surface area contributed by atoms with Gasteiger partial charge in [0.2, 0.25) is 5.91 Å². The van der Waals surface area contributed by atoms with E-state index in [0.717, 1.165) is 0 Å². The van der Waals surface area contributed by atoms with Crippen molar-refractivity contribution in [3.8, 4) is 11.6 Å². The molecular weight excluding hydrogens is 342 g/mol. The lowest BCUT2D eigenvalue weighted by Gasteiger charge is -2.16. The molecule has 9 nitrogen and oxygen atoms in total. The molecule has 2 amide bonds. The largest absolute Gasteiger partial charge is 0.485 e. The van der Waals surface area contributed by atoms with E-state index in [2.05, 4.69) is 4.98 Å². The Morgan fingerprint density at radius 3 is 2.42 bits per heavy atom. The molecular formula is C17H25N3O6. The van der Waals surface area contributed by atoms with Crippen molar-refractivity contribution in [3.05, 3.63) is 17.8 Å². The van der Waals surface area contributed by atoms with Gasteiger partial charge in [-0.2, -0.15) is 0 Å². The summed E-state index contributed by atoms with van der Waals surface area (Å²) in [5.74, 6) is -1.35. The Morgan fingerprint density at radius 2 is 1.88 bits per heavy atom. The lowest BCUT2D eigenvalue weighted by molar-refractivity contribution is -0.118. The first-order chi connectivity index (χ1) is 12.3. The van der Waals surface area contributed by atoms with Gasteiger partial charge >= 0.3 is 12.1 Å². The Morgan fingerprint density at radius 1 is 1.23 bits per heavy atom. The third-order valence-corrected chi connectivity index (χ3v) is 3.22. The number of amides is 2. The van der Waals surface area contributed by atoms with E-state index in [-0.39, 0.29) is 35.9 Å². The number of nitrogens with two attached hydrogens (primary N) is 1. The van der Waals surface area contributed by atoms with Gasteiger partial charge in [-0.15, -0.1) is 0 Å². The number of hydrogen-bond donors (Lipinski definition) is 2. The molecule has 3 N–H and O–H groups in total. The summed E-state index contributed by atoms with van der Waals surface area (Å²) in [7, 11) is 0. The number of aromatic nitrogens is 1. The first-order valence-corrected chi connectivity index (χ1v) is 8.40. The molecule has 0 radical (unpaired) electrons. The van der Waals surface area contributed by atoms with Crippen molar-refractivity contribution < 1.29 is 28.6 Å². The number of carbonyl (C=O) groups excluding carboxylic acids is 3. The molecule has 1 heterocycles. The lowest BCUT2D eigenvalue weighted by atomic mass is 10.2. The number of nitrogens with one attached hydrogen (secondary N) is 1. The molecule has 0 saturated heterocycles. The Kier molecular flexibility index (Phi) is 8.50. The van der Waals surface area contributed by atoms with Gasteiger partial charge in [0.25, 0.3) is 5.88 Å². The highest BCUT2D eigenvalue weighted by Crippen LogP contribution is 2.27. The highest BCUT2D eigenvalue weighted by Gasteiger charge is 2.20. The van der Waals surface area contributed by atoms with Gasteiger partial charge in [-0.05, 0) is 26.7 Å². The molecule has 26 heavy (non-hydrogen) atoms. The minimum absolute atomic E-state index is 0.0781. The number of carbonyl (C=O) groups is 3. The van der Waals surface area contributed by atoms with Crippen LogP contribution in [0.2, 0.25) is 0 Å². The van der Waals surface area contributed by atoms with Crippen LogP contribution in [0, 0.1) is 0 Å². The summed E-state index contributed by atoms with van der Waals surface area (Å²) in [4.78, 5) is 39.0. The van der Waals surface area contributed by atoms with E-state index in [0.29, 0.717) is 12.8 Å². The SMILES string of the molecule is CCC(CC)OC(=O)c1cnc(OC(=O)NC(=O)CN)c(OC(C)C)c1. The van der Waals surface area contributed by atoms with Crippen LogP contribution in [-0.2, 0) is 9.53 Å². The fourth-order valence-electron chi connectivity index (χ4n) is 1.91. The molecule has 1 aromatic rings. The second kappa shape index (κ2) is 10.3. The minimum Gasteiger partial charge on any atom is -0.485 e. The van der Waals surface area contributed by atoms with Crippen LogP contribution in [0.4, 0.5) is 4.79 Å². The number of esters is 1. The van der Waals surface area contributed by atoms with Crippen LogP contribution >= 0.6 is 0 Å². The first-order valence-electron chi connectivity index (χ1n) is 8.40. The van der Waals surface area contributed by atoms with Crippen LogP contribution < -0.4 is 20.5 Å². The summed E-state index contributed by atoms with van der Waals surface area (Å²) in [6, 6.07) is 1.38. The quantitative estimate of drug-likeness (QED) is 0.665. The number of ether oxygens (including phenoxy) is 3. The van der Waals surface area contributed by atoms with Crippen molar-refractivity contribution in [1.82, 2.24) is 10.3 Å². The first kappa shape index (κ1) is 21.4. The van der Waals surface area contributed by atoms with Crippen molar-refractivity contribution in [1.29, 1.82) is 0 Å². The predicted octanol–water partition coefficient (Wildman–Crippen LogP) is 1.79. The van der Waals surface area contributed by atoms with Crippen LogP contribution in [-0.4, -0.2) is 41.7 Å². The molecule has 1 aromatic heterocycles. The maximum atomic E-state index is 12.2. The van der Waals surface area contributed by atoms with Crippen molar-refractivity contribution in [2.45, 2.75) is 52.7 Å². The number of hydrogen-bond acceptors (Lipinski definition) is 8. The Bertz CT molecular complexity index is 643. The van der Waals surface area contributed by atoms with Gasteiger partial charge in [0.15, 0.2) is 5.75 Å². The Hall–Kier alpha value is -2.68. The average molecular weight is 367 g/mol. The van der Waals surface area contributed by atoms with Crippen LogP contribution in [0.15, 0.2) is 12.3 Å². The second-order valence-corrected chi connectivity index (χ2v) is 5.68. The zero-order valence-electron chi connectivity index (χ0n) is 15.4. The van der Waals surface area contributed by atoms with E-state index in [1.165, 1.54) is 12.3 Å². The van der Waals surface area contributed by atoms with Crippen LogP contribution in [0.1, 0.15) is 50.9 Å². The van der Waals surface area contributed by atoms with E-state index < -0.39 is 18.0 Å². The second-order valence-electron chi connectivity index (χ2n) is 5.68. The fourth-order valence-corrected chi connectivity index (χ4v) is 1.91. The van der Waals surface area contributed by atoms with Gasteiger partial charge in [-0.1, -0.05) is 13.8 Å². The van der Waals surface area contributed by atoms with E-state index in [1.54, 1.807) is 13.8 Å². The maximum absolute atomic E-state index is 12.2. The molecule has 0 aliphatic heterocycles. The number of rotatable bonds is 8. The highest BCUT2D eigenvalue weighted by molar-refractivity contribution is 5.93. The third kappa shape index (κ3) is 6.67. The molecule has 0 aromatic carbocycles. The van der Waals surface area contributed by atoms with Crippen molar-refractivity contribution in [3.63, 3.8) is 0 Å². The van der Waals surface area contributed by atoms with Gasteiger partial charge in [-0.3, -0.25) is 10.1 Å². The van der Waals surface area contributed by atoms with Gasteiger partial charge in [0.1, 0.15) is 6.10 Å². The number of nitrogens with zero attached hydrogens (tertiary/aromatic N) is 1. The summed E-state index contributed by atoms with van der Waals surface area (Å²) >= 11 is 0. The fraction of sp³-hybridized carbons (Fsp3) is 0.529. The number of imide groups is 1. The third-order valence-electron chi connectivity index (χ3n) is 3.22. The number of pyridine rings is 1. The van der Waals surface area contributed by atoms with E-state index >= 15 is 0 Å². The van der Waals surface area contributed by atoms with Crippen LogP contribution in [0.5, 0.6) is 11.6 Å². The summed E-state index contributed by atoms with van der Waals surface area (Å²) < 4.78 is 15.9. The van der Waals surface area contributed by atoms with Gasteiger partial charge in [-0.25, -0.2) is 14.6 Å². The van der Waals surface area contributed by atoms with Gasteiger partial charge in [0.05, 0.1) is 18.2 Å². The van der Waals surface area contributed by atoms with Crippen LogP contribution in [0.3, 0.4) is 0 Å². The van der Waals surface area contributed by atoms with E-state index in [4.69, 9.17) is 19.9 Å². The summed E-state index contributed by atoms with van der Waals surface area (Å²) in [6.45, 7) is 7.00. The van der Waals surface area contributed by atoms with Crippen LogP contribution in [0.25, 0.3) is 0 Å². The smallest absolute Gasteiger partial charge is 0.420 e. The van der Waals surface area contributed by atoms with E-state index in [1.807, 2.05) is 19.2 Å². The molecule has 0 saturated carbocycles. The molecule has 0 spiro atoms. The molecule has 0 bridgehead atoms. The summed E-state index contributed by atoms with van der Waals surface area (Å²) in [6.07, 6.45) is 1.10. The molecule has 0 unspecified atom stereocenters. The molecule has 144 valence electrons. The normalized spacial score (nSPS) is 10.6. The highest BCUT2D eigenvalue weighted by atomic mass is 16.6. The molecule has 0 fully saturated rings. The molecule has 0 aliphatic rings. The summed E-state index contributed by atoms with van der Waals surface area (Å²) in [5.41, 5.74) is 5.28. The Labute approximate surface area is 152 Å². The van der Waals surface area contributed by atoms with Gasteiger partial charge < -0.3 is 19.9 Å². The molecule has 1 rings (SSSR count). The minimum atomic E-state index is -1.05. The van der Waals surface area contributed by atoms with Gasteiger partial charge in [0, 0.05) is 12.3 Å². The predicted molar refractivity (Wildman–Crippen MR) is 93.0 cm³/mol. The Balaban J connectivity index is 3.00. The summed E-state index contributed by atoms with van der Waals surface area (Å²) in [5, 5.41) is 1.93. The van der Waals surface area contributed by atoms with E-state index in [9.17, 15) is 14.4 Å². The maximum Gasteiger partial charge on any atom is 0.420 e. The lowest BCUT2D eigenvalue weighted by Crippen LogP contribution is -2.37. The van der Waals surface area contributed by atoms with Crippen molar-refractivity contribution in [2.75, 3.05) is 6.54 Å². The zero-order chi connectivity index (χ0) is 19.7.